The second-order valence-corrected chi connectivity index (χ2v) is 6.41. The summed E-state index contributed by atoms with van der Waals surface area (Å²) in [6, 6.07) is 9.40. The largest absolute Gasteiger partial charge is 0.493 e. The number of carbonyl (C=O) groups is 1. The summed E-state index contributed by atoms with van der Waals surface area (Å²) in [5.74, 6) is 1.94. The fraction of sp³-hybridized carbons (Fsp3) is 0.318. The van der Waals surface area contributed by atoms with Crippen LogP contribution in [-0.2, 0) is 4.79 Å². The van der Waals surface area contributed by atoms with Gasteiger partial charge < -0.3 is 18.9 Å². The molecule has 5 heteroatoms. The molecule has 0 unspecified atom stereocenters. The van der Waals surface area contributed by atoms with Gasteiger partial charge in [-0.25, -0.2) is 4.79 Å². The average molecular weight is 370 g/mol. The number of methoxy groups -OCH3 is 3. The van der Waals surface area contributed by atoms with Gasteiger partial charge in [-0.1, -0.05) is 26.0 Å². The normalized spacial score (nSPS) is 10.9. The van der Waals surface area contributed by atoms with Crippen LogP contribution in [0, 0.1) is 6.92 Å². The molecule has 0 aliphatic heterocycles. The van der Waals surface area contributed by atoms with Crippen LogP contribution in [0.5, 0.6) is 23.0 Å². The van der Waals surface area contributed by atoms with Crippen molar-refractivity contribution < 1.29 is 23.7 Å². The molecule has 0 atom stereocenters. The van der Waals surface area contributed by atoms with Gasteiger partial charge in [0, 0.05) is 6.08 Å². The standard InChI is InChI=1S/C22H26O5/c1-14(2)17-9-7-15(3)11-18(17)27-21(23)10-8-16-12-19(24-4)22(26-6)20(13-16)25-5/h7-14H,1-6H3/b10-8+. The molecule has 0 aliphatic carbocycles. The molecule has 0 fully saturated rings. The maximum absolute atomic E-state index is 12.3. The molecule has 2 aromatic rings. The van der Waals surface area contributed by atoms with E-state index in [1.165, 1.54) is 6.08 Å². The molecule has 0 bridgehead atoms. The van der Waals surface area contributed by atoms with Crippen LogP contribution < -0.4 is 18.9 Å². The maximum Gasteiger partial charge on any atom is 0.336 e. The molecular weight excluding hydrogens is 344 g/mol. The van der Waals surface area contributed by atoms with Crippen molar-refractivity contribution in [2.24, 2.45) is 0 Å². The third-order valence-corrected chi connectivity index (χ3v) is 4.10. The molecule has 2 aromatic carbocycles. The number of ether oxygens (including phenoxy) is 4. The van der Waals surface area contributed by atoms with E-state index in [-0.39, 0.29) is 5.92 Å². The summed E-state index contributed by atoms with van der Waals surface area (Å²) in [5.41, 5.74) is 2.76. The van der Waals surface area contributed by atoms with Gasteiger partial charge in [-0.15, -0.1) is 0 Å². The second kappa shape index (κ2) is 9.12. The van der Waals surface area contributed by atoms with Crippen molar-refractivity contribution in [3.63, 3.8) is 0 Å². The van der Waals surface area contributed by atoms with Gasteiger partial charge in [-0.2, -0.15) is 0 Å². The Kier molecular flexibility index (Phi) is 6.88. The zero-order valence-electron chi connectivity index (χ0n) is 16.7. The Morgan fingerprint density at radius 3 is 2.07 bits per heavy atom. The van der Waals surface area contributed by atoms with Gasteiger partial charge in [0.1, 0.15) is 5.75 Å². The van der Waals surface area contributed by atoms with Crippen LogP contribution in [0.1, 0.15) is 36.5 Å². The van der Waals surface area contributed by atoms with Gasteiger partial charge in [0.25, 0.3) is 0 Å². The van der Waals surface area contributed by atoms with Crippen molar-refractivity contribution in [2.45, 2.75) is 26.7 Å². The van der Waals surface area contributed by atoms with E-state index in [0.29, 0.717) is 23.0 Å². The summed E-state index contributed by atoms with van der Waals surface area (Å²) in [7, 11) is 4.63. The van der Waals surface area contributed by atoms with Gasteiger partial charge >= 0.3 is 5.97 Å². The number of hydrogen-bond acceptors (Lipinski definition) is 5. The molecule has 0 spiro atoms. The monoisotopic (exact) mass is 370 g/mol. The van der Waals surface area contributed by atoms with E-state index >= 15 is 0 Å². The summed E-state index contributed by atoms with van der Waals surface area (Å²) < 4.78 is 21.5. The molecule has 0 heterocycles. The lowest BCUT2D eigenvalue weighted by atomic mass is 10.0. The topological polar surface area (TPSA) is 54.0 Å². The van der Waals surface area contributed by atoms with Crippen LogP contribution in [-0.4, -0.2) is 27.3 Å². The van der Waals surface area contributed by atoms with Gasteiger partial charge in [-0.3, -0.25) is 0 Å². The fourth-order valence-electron chi connectivity index (χ4n) is 2.71. The Labute approximate surface area is 160 Å². The predicted molar refractivity (Wildman–Crippen MR) is 106 cm³/mol. The Bertz CT molecular complexity index is 812. The maximum atomic E-state index is 12.3. The van der Waals surface area contributed by atoms with E-state index in [1.54, 1.807) is 39.5 Å². The zero-order chi connectivity index (χ0) is 20.0. The Morgan fingerprint density at radius 1 is 0.926 bits per heavy atom. The second-order valence-electron chi connectivity index (χ2n) is 6.41. The first kappa shape index (κ1) is 20.4. The first-order chi connectivity index (χ1) is 12.9. The highest BCUT2D eigenvalue weighted by Gasteiger charge is 2.13. The first-order valence-corrected chi connectivity index (χ1v) is 8.70. The SMILES string of the molecule is COc1cc(/C=C/C(=O)Oc2cc(C)ccc2C(C)C)cc(OC)c1OC. The lowest BCUT2D eigenvalue weighted by Crippen LogP contribution is -2.06. The molecule has 0 aliphatic rings. The Balaban J connectivity index is 2.24. The minimum atomic E-state index is -0.448. The first-order valence-electron chi connectivity index (χ1n) is 8.70. The van der Waals surface area contributed by atoms with Crippen molar-refractivity contribution >= 4 is 12.0 Å². The van der Waals surface area contributed by atoms with Crippen LogP contribution in [0.3, 0.4) is 0 Å². The highest BCUT2D eigenvalue weighted by atomic mass is 16.5. The van der Waals surface area contributed by atoms with E-state index in [1.807, 2.05) is 25.1 Å². The number of hydrogen-bond donors (Lipinski definition) is 0. The van der Waals surface area contributed by atoms with Crippen LogP contribution in [0.4, 0.5) is 0 Å². The highest BCUT2D eigenvalue weighted by molar-refractivity contribution is 5.89. The summed E-state index contributed by atoms with van der Waals surface area (Å²) in [6.07, 6.45) is 3.03. The molecule has 27 heavy (non-hydrogen) atoms. The molecule has 0 radical (unpaired) electrons. The molecule has 0 aromatic heterocycles. The van der Waals surface area contributed by atoms with Crippen molar-refractivity contribution in [3.05, 3.63) is 53.1 Å². The number of benzene rings is 2. The molecule has 0 amide bonds. The van der Waals surface area contributed by atoms with Crippen molar-refractivity contribution in [3.8, 4) is 23.0 Å². The van der Waals surface area contributed by atoms with Gasteiger partial charge in [0.05, 0.1) is 21.3 Å². The molecule has 2 rings (SSSR count). The van der Waals surface area contributed by atoms with Crippen LogP contribution >= 0.6 is 0 Å². The summed E-state index contributed by atoms with van der Waals surface area (Å²) in [5, 5.41) is 0. The fourth-order valence-corrected chi connectivity index (χ4v) is 2.71. The van der Waals surface area contributed by atoms with Crippen LogP contribution in [0.2, 0.25) is 0 Å². The van der Waals surface area contributed by atoms with Crippen LogP contribution in [0.25, 0.3) is 6.08 Å². The van der Waals surface area contributed by atoms with Crippen molar-refractivity contribution in [2.75, 3.05) is 21.3 Å². The summed E-state index contributed by atoms with van der Waals surface area (Å²) >= 11 is 0. The smallest absolute Gasteiger partial charge is 0.336 e. The lowest BCUT2D eigenvalue weighted by molar-refractivity contribution is -0.128. The Morgan fingerprint density at radius 2 is 1.56 bits per heavy atom. The molecular formula is C22H26O5. The van der Waals surface area contributed by atoms with E-state index in [4.69, 9.17) is 18.9 Å². The number of aryl methyl sites for hydroxylation is 1. The molecule has 5 nitrogen and oxygen atoms in total. The minimum absolute atomic E-state index is 0.257. The molecule has 0 saturated carbocycles. The quantitative estimate of drug-likeness (QED) is 0.399. The number of rotatable bonds is 7. The Hall–Kier alpha value is -2.95. The molecule has 144 valence electrons. The van der Waals surface area contributed by atoms with Crippen molar-refractivity contribution in [1.29, 1.82) is 0 Å². The third kappa shape index (κ3) is 5.03. The summed E-state index contributed by atoms with van der Waals surface area (Å²) in [4.78, 5) is 12.3. The highest BCUT2D eigenvalue weighted by Crippen LogP contribution is 2.38. The van der Waals surface area contributed by atoms with Crippen molar-refractivity contribution in [1.82, 2.24) is 0 Å². The average Bonchev–Trinajstić information content (AvgIpc) is 2.65. The molecule has 0 saturated heterocycles. The predicted octanol–water partition coefficient (Wildman–Crippen LogP) is 4.76. The summed E-state index contributed by atoms with van der Waals surface area (Å²) in [6.45, 7) is 6.09. The van der Waals surface area contributed by atoms with E-state index in [9.17, 15) is 4.79 Å². The number of carbonyl (C=O) groups excluding carboxylic acids is 1. The van der Waals surface area contributed by atoms with Gasteiger partial charge in [0.15, 0.2) is 11.5 Å². The van der Waals surface area contributed by atoms with Gasteiger partial charge in [0.2, 0.25) is 5.75 Å². The zero-order valence-corrected chi connectivity index (χ0v) is 16.7. The third-order valence-electron chi connectivity index (χ3n) is 4.10. The van der Waals surface area contributed by atoms with Gasteiger partial charge in [-0.05, 0) is 53.8 Å². The number of esters is 1. The van der Waals surface area contributed by atoms with E-state index in [0.717, 1.165) is 16.7 Å². The minimum Gasteiger partial charge on any atom is -0.493 e. The van der Waals surface area contributed by atoms with Crippen LogP contribution in [0.15, 0.2) is 36.4 Å². The lowest BCUT2D eigenvalue weighted by Gasteiger charge is -2.13. The van der Waals surface area contributed by atoms with E-state index < -0.39 is 5.97 Å². The van der Waals surface area contributed by atoms with E-state index in [2.05, 4.69) is 13.8 Å². The molecule has 0 N–H and O–H groups in total.